The van der Waals surface area contributed by atoms with Gasteiger partial charge in [0.25, 0.3) is 0 Å². The highest BCUT2D eigenvalue weighted by atomic mass is 16.3. The van der Waals surface area contributed by atoms with Crippen LogP contribution in [0.1, 0.15) is 58.8 Å². The number of aliphatic hydroxyl groups is 1. The first kappa shape index (κ1) is 14.0. The zero-order valence-corrected chi connectivity index (χ0v) is 11.3. The molecule has 96 valence electrons. The molecule has 0 heterocycles. The molecular weight excluding hydrogens is 198 g/mol. The fraction of sp³-hybridized carbons (Fsp3) is 1.00. The monoisotopic (exact) mass is 227 g/mol. The molecule has 1 N–H and O–H groups in total. The SMILES string of the molecule is CCN(C)CC(C)(O)CCC1CCCCC1. The van der Waals surface area contributed by atoms with Crippen LogP contribution in [0.2, 0.25) is 0 Å². The second kappa shape index (κ2) is 6.61. The molecular formula is C14H29NO. The lowest BCUT2D eigenvalue weighted by atomic mass is 9.83. The first-order valence-electron chi connectivity index (χ1n) is 6.94. The average molecular weight is 227 g/mol. The second-order valence-electron chi connectivity index (χ2n) is 5.87. The van der Waals surface area contributed by atoms with Crippen LogP contribution in [0, 0.1) is 5.92 Å². The van der Waals surface area contributed by atoms with E-state index in [0.717, 1.165) is 25.4 Å². The minimum absolute atomic E-state index is 0.498. The van der Waals surface area contributed by atoms with Gasteiger partial charge in [0.05, 0.1) is 5.60 Å². The summed E-state index contributed by atoms with van der Waals surface area (Å²) in [5.41, 5.74) is -0.498. The van der Waals surface area contributed by atoms with Crippen molar-refractivity contribution in [3.63, 3.8) is 0 Å². The molecule has 0 aromatic rings. The molecule has 1 rings (SSSR count). The standard InChI is InChI=1S/C14H29NO/c1-4-15(3)12-14(2,16)11-10-13-8-6-5-7-9-13/h13,16H,4-12H2,1-3H3. The molecule has 2 nitrogen and oxygen atoms in total. The van der Waals surface area contributed by atoms with E-state index in [4.69, 9.17) is 0 Å². The lowest BCUT2D eigenvalue weighted by molar-refractivity contribution is 0.0138. The van der Waals surface area contributed by atoms with Crippen molar-refractivity contribution in [2.45, 2.75) is 64.4 Å². The van der Waals surface area contributed by atoms with E-state index < -0.39 is 5.60 Å². The van der Waals surface area contributed by atoms with Gasteiger partial charge in [0.15, 0.2) is 0 Å². The van der Waals surface area contributed by atoms with Crippen molar-refractivity contribution in [2.75, 3.05) is 20.1 Å². The molecule has 1 aliphatic carbocycles. The minimum atomic E-state index is -0.498. The van der Waals surface area contributed by atoms with E-state index in [-0.39, 0.29) is 0 Å². The molecule has 0 radical (unpaired) electrons. The van der Waals surface area contributed by atoms with Crippen molar-refractivity contribution in [1.82, 2.24) is 4.90 Å². The van der Waals surface area contributed by atoms with E-state index in [1.807, 2.05) is 6.92 Å². The third-order valence-corrected chi connectivity index (χ3v) is 3.97. The predicted molar refractivity (Wildman–Crippen MR) is 69.6 cm³/mol. The lowest BCUT2D eigenvalue weighted by Crippen LogP contribution is -2.39. The quantitative estimate of drug-likeness (QED) is 0.754. The van der Waals surface area contributed by atoms with E-state index in [1.165, 1.54) is 38.5 Å². The lowest BCUT2D eigenvalue weighted by Gasteiger charge is -2.31. The summed E-state index contributed by atoms with van der Waals surface area (Å²) in [6, 6.07) is 0. The summed E-state index contributed by atoms with van der Waals surface area (Å²) >= 11 is 0. The smallest absolute Gasteiger partial charge is 0.0746 e. The van der Waals surface area contributed by atoms with Gasteiger partial charge in [-0.25, -0.2) is 0 Å². The van der Waals surface area contributed by atoms with Crippen molar-refractivity contribution in [1.29, 1.82) is 0 Å². The maximum atomic E-state index is 10.3. The van der Waals surface area contributed by atoms with Crippen molar-refractivity contribution in [2.24, 2.45) is 5.92 Å². The zero-order valence-electron chi connectivity index (χ0n) is 11.3. The molecule has 1 atom stereocenters. The molecule has 0 amide bonds. The van der Waals surface area contributed by atoms with Crippen LogP contribution in [-0.2, 0) is 0 Å². The van der Waals surface area contributed by atoms with Gasteiger partial charge in [0.1, 0.15) is 0 Å². The number of hydrogen-bond donors (Lipinski definition) is 1. The second-order valence-corrected chi connectivity index (χ2v) is 5.87. The summed E-state index contributed by atoms with van der Waals surface area (Å²) in [5, 5.41) is 10.3. The molecule has 1 aliphatic rings. The van der Waals surface area contributed by atoms with E-state index in [0.29, 0.717) is 0 Å². The van der Waals surface area contributed by atoms with Crippen molar-refractivity contribution < 1.29 is 5.11 Å². The van der Waals surface area contributed by atoms with Crippen LogP contribution >= 0.6 is 0 Å². The molecule has 2 heteroatoms. The molecule has 0 bridgehead atoms. The molecule has 0 saturated heterocycles. The first-order chi connectivity index (χ1) is 7.53. The largest absolute Gasteiger partial charge is 0.389 e. The van der Waals surface area contributed by atoms with E-state index >= 15 is 0 Å². The summed E-state index contributed by atoms with van der Waals surface area (Å²) in [4.78, 5) is 2.20. The fourth-order valence-corrected chi connectivity index (χ4v) is 2.76. The Morgan fingerprint density at radius 2 is 1.88 bits per heavy atom. The maximum Gasteiger partial charge on any atom is 0.0746 e. The molecule has 1 fully saturated rings. The number of likely N-dealkylation sites (N-methyl/N-ethyl adjacent to an activating group) is 1. The van der Waals surface area contributed by atoms with Gasteiger partial charge >= 0.3 is 0 Å². The van der Waals surface area contributed by atoms with Gasteiger partial charge in [-0.1, -0.05) is 39.0 Å². The van der Waals surface area contributed by atoms with Crippen molar-refractivity contribution >= 4 is 0 Å². The minimum Gasteiger partial charge on any atom is -0.389 e. The number of hydrogen-bond acceptors (Lipinski definition) is 2. The van der Waals surface area contributed by atoms with Crippen molar-refractivity contribution in [3.05, 3.63) is 0 Å². The summed E-state index contributed by atoms with van der Waals surface area (Å²) in [5.74, 6) is 0.882. The van der Waals surface area contributed by atoms with Crippen molar-refractivity contribution in [3.8, 4) is 0 Å². The highest BCUT2D eigenvalue weighted by Gasteiger charge is 2.24. The number of rotatable bonds is 6. The molecule has 0 aromatic carbocycles. The third-order valence-electron chi connectivity index (χ3n) is 3.97. The van der Waals surface area contributed by atoms with Gasteiger partial charge in [0.2, 0.25) is 0 Å². The van der Waals surface area contributed by atoms with Gasteiger partial charge in [-0.15, -0.1) is 0 Å². The Kier molecular flexibility index (Phi) is 5.77. The molecule has 1 unspecified atom stereocenters. The van der Waals surface area contributed by atoms with Crippen LogP contribution in [0.4, 0.5) is 0 Å². The van der Waals surface area contributed by atoms with Crippen LogP contribution < -0.4 is 0 Å². The number of nitrogens with zero attached hydrogens (tertiary/aromatic N) is 1. The Morgan fingerprint density at radius 3 is 2.44 bits per heavy atom. The molecule has 0 aromatic heterocycles. The summed E-state index contributed by atoms with van der Waals surface area (Å²) in [6.45, 7) is 5.94. The Balaban J connectivity index is 2.23. The van der Waals surface area contributed by atoms with Crippen LogP contribution in [-0.4, -0.2) is 35.7 Å². The predicted octanol–water partition coefficient (Wildman–Crippen LogP) is 3.05. The van der Waals surface area contributed by atoms with Crippen LogP contribution in [0.15, 0.2) is 0 Å². The van der Waals surface area contributed by atoms with Crippen LogP contribution in [0.5, 0.6) is 0 Å². The highest BCUT2D eigenvalue weighted by Crippen LogP contribution is 2.29. The van der Waals surface area contributed by atoms with Gasteiger partial charge in [-0.3, -0.25) is 0 Å². The maximum absolute atomic E-state index is 10.3. The molecule has 0 spiro atoms. The topological polar surface area (TPSA) is 23.5 Å². The Morgan fingerprint density at radius 1 is 1.25 bits per heavy atom. The van der Waals surface area contributed by atoms with Gasteiger partial charge in [-0.05, 0) is 39.3 Å². The summed E-state index contributed by atoms with van der Waals surface area (Å²) < 4.78 is 0. The fourth-order valence-electron chi connectivity index (χ4n) is 2.76. The van der Waals surface area contributed by atoms with E-state index in [1.54, 1.807) is 0 Å². The van der Waals surface area contributed by atoms with E-state index in [9.17, 15) is 5.11 Å². The van der Waals surface area contributed by atoms with Gasteiger partial charge in [0, 0.05) is 6.54 Å². The van der Waals surface area contributed by atoms with E-state index in [2.05, 4.69) is 18.9 Å². The van der Waals surface area contributed by atoms with Gasteiger partial charge in [-0.2, -0.15) is 0 Å². The van der Waals surface area contributed by atoms with Crippen LogP contribution in [0.25, 0.3) is 0 Å². The molecule has 1 saturated carbocycles. The molecule has 16 heavy (non-hydrogen) atoms. The average Bonchev–Trinajstić information content (AvgIpc) is 2.27. The Bertz CT molecular complexity index is 185. The summed E-state index contributed by atoms with van der Waals surface area (Å²) in [7, 11) is 2.08. The zero-order chi connectivity index (χ0) is 12.0. The first-order valence-corrected chi connectivity index (χ1v) is 6.94. The Labute approximate surface area is 101 Å². The molecule has 0 aliphatic heterocycles. The van der Waals surface area contributed by atoms with Crippen LogP contribution in [0.3, 0.4) is 0 Å². The Hall–Kier alpha value is -0.0800. The highest BCUT2D eigenvalue weighted by molar-refractivity contribution is 4.78. The normalized spacial score (nSPS) is 22.3. The third kappa shape index (κ3) is 5.31. The summed E-state index contributed by atoms with van der Waals surface area (Å²) in [6.07, 6.45) is 9.18. The van der Waals surface area contributed by atoms with Gasteiger partial charge < -0.3 is 10.0 Å².